The third-order valence-electron chi connectivity index (χ3n) is 2.35. The van der Waals surface area contributed by atoms with E-state index in [9.17, 15) is 4.79 Å². The van der Waals surface area contributed by atoms with E-state index in [0.717, 1.165) is 0 Å². The summed E-state index contributed by atoms with van der Waals surface area (Å²) in [5.74, 6) is 0.500. The van der Waals surface area contributed by atoms with Gasteiger partial charge >= 0.3 is 0 Å². The summed E-state index contributed by atoms with van der Waals surface area (Å²) >= 11 is 0. The molecule has 0 fully saturated rings. The van der Waals surface area contributed by atoms with Gasteiger partial charge in [-0.1, -0.05) is 12.1 Å². The predicted octanol–water partition coefficient (Wildman–Crippen LogP) is 2.64. The van der Waals surface area contributed by atoms with E-state index in [2.05, 4.69) is 10.3 Å². The highest BCUT2D eigenvalue weighted by atomic mass is 16.5. The van der Waals surface area contributed by atoms with Crippen LogP contribution in [-0.2, 0) is 11.2 Å². The molecule has 0 bridgehead atoms. The molecule has 2 aromatic rings. The molecule has 1 amide bonds. The van der Waals surface area contributed by atoms with E-state index in [1.54, 1.807) is 6.07 Å². The highest BCUT2D eigenvalue weighted by molar-refractivity contribution is 5.93. The van der Waals surface area contributed by atoms with Gasteiger partial charge in [0.05, 0.1) is 23.9 Å². The number of amides is 1. The minimum Gasteiger partial charge on any atom is -0.489 e. The molecule has 1 aromatic carbocycles. The first kappa shape index (κ1) is 13.1. The highest BCUT2D eigenvalue weighted by Gasteiger charge is 2.10. The minimum absolute atomic E-state index is 0.0496. The molecule has 0 spiro atoms. The Balaban J connectivity index is 2.04. The maximum Gasteiger partial charge on any atom is 0.230 e. The predicted molar refractivity (Wildman–Crippen MR) is 71.0 cm³/mol. The fraction of sp³-hybridized carbons (Fsp3) is 0.286. The van der Waals surface area contributed by atoms with Crippen LogP contribution in [0.1, 0.15) is 19.5 Å². The van der Waals surface area contributed by atoms with Crippen molar-refractivity contribution in [1.29, 1.82) is 0 Å². The highest BCUT2D eigenvalue weighted by Crippen LogP contribution is 2.24. The van der Waals surface area contributed by atoms with Gasteiger partial charge in [-0.2, -0.15) is 0 Å². The number of anilines is 1. The van der Waals surface area contributed by atoms with Gasteiger partial charge in [0, 0.05) is 0 Å². The second kappa shape index (κ2) is 6.04. The van der Waals surface area contributed by atoms with E-state index in [1.165, 1.54) is 12.7 Å². The molecule has 2 rings (SSSR count). The van der Waals surface area contributed by atoms with E-state index in [1.807, 2.05) is 32.0 Å². The number of para-hydroxylation sites is 2. The summed E-state index contributed by atoms with van der Waals surface area (Å²) in [4.78, 5) is 15.8. The number of hydrogen-bond donors (Lipinski definition) is 1. The standard InChI is InChI=1S/C14H16N2O3/c1-10(2)19-13-6-4-3-5-12(13)16-14(17)7-11-8-18-9-15-11/h3-6,8-10H,7H2,1-2H3,(H,16,17). The van der Waals surface area contributed by atoms with Gasteiger partial charge in [-0.25, -0.2) is 4.98 Å². The van der Waals surface area contributed by atoms with Crippen LogP contribution in [0.25, 0.3) is 0 Å². The van der Waals surface area contributed by atoms with Crippen LogP contribution in [-0.4, -0.2) is 17.0 Å². The summed E-state index contributed by atoms with van der Waals surface area (Å²) in [6.07, 6.45) is 2.98. The van der Waals surface area contributed by atoms with Crippen LogP contribution < -0.4 is 10.1 Å². The molecule has 5 nitrogen and oxygen atoms in total. The minimum atomic E-state index is -0.159. The molecule has 1 aromatic heterocycles. The number of aromatic nitrogens is 1. The number of nitrogens with zero attached hydrogens (tertiary/aromatic N) is 1. The van der Waals surface area contributed by atoms with Gasteiger partial charge in [0.15, 0.2) is 6.39 Å². The Morgan fingerprint density at radius 2 is 2.21 bits per heavy atom. The fourth-order valence-electron chi connectivity index (χ4n) is 1.61. The molecule has 0 saturated heterocycles. The lowest BCUT2D eigenvalue weighted by Crippen LogP contribution is -2.16. The zero-order valence-corrected chi connectivity index (χ0v) is 10.9. The first-order chi connectivity index (χ1) is 9.15. The van der Waals surface area contributed by atoms with Gasteiger partial charge in [0.2, 0.25) is 5.91 Å². The van der Waals surface area contributed by atoms with Gasteiger partial charge in [-0.3, -0.25) is 4.79 Å². The molecule has 0 aliphatic heterocycles. The van der Waals surface area contributed by atoms with Crippen molar-refractivity contribution in [3.8, 4) is 5.75 Å². The topological polar surface area (TPSA) is 64.4 Å². The Bertz CT molecular complexity index is 535. The van der Waals surface area contributed by atoms with Crippen molar-refractivity contribution in [3.05, 3.63) is 42.6 Å². The summed E-state index contributed by atoms with van der Waals surface area (Å²) in [5.41, 5.74) is 1.25. The van der Waals surface area contributed by atoms with Crippen LogP contribution in [0.4, 0.5) is 5.69 Å². The van der Waals surface area contributed by atoms with Gasteiger partial charge in [-0.05, 0) is 26.0 Å². The monoisotopic (exact) mass is 260 g/mol. The lowest BCUT2D eigenvalue weighted by atomic mass is 10.2. The number of hydrogen-bond acceptors (Lipinski definition) is 4. The van der Waals surface area contributed by atoms with Crippen molar-refractivity contribution >= 4 is 11.6 Å². The van der Waals surface area contributed by atoms with Crippen LogP contribution in [0.2, 0.25) is 0 Å². The summed E-state index contributed by atoms with van der Waals surface area (Å²) in [6, 6.07) is 7.34. The van der Waals surface area contributed by atoms with E-state index in [-0.39, 0.29) is 18.4 Å². The average molecular weight is 260 g/mol. The second-order valence-electron chi connectivity index (χ2n) is 4.37. The summed E-state index contributed by atoms with van der Waals surface area (Å²) < 4.78 is 10.5. The number of benzene rings is 1. The number of carbonyl (C=O) groups is 1. The summed E-state index contributed by atoms with van der Waals surface area (Å²) in [6.45, 7) is 3.88. The summed E-state index contributed by atoms with van der Waals surface area (Å²) in [7, 11) is 0. The second-order valence-corrected chi connectivity index (χ2v) is 4.37. The first-order valence-electron chi connectivity index (χ1n) is 6.07. The van der Waals surface area contributed by atoms with Gasteiger partial charge in [-0.15, -0.1) is 0 Å². The fourth-order valence-corrected chi connectivity index (χ4v) is 1.61. The van der Waals surface area contributed by atoms with Crippen molar-refractivity contribution in [1.82, 2.24) is 4.98 Å². The van der Waals surface area contributed by atoms with Crippen molar-refractivity contribution in [2.75, 3.05) is 5.32 Å². The van der Waals surface area contributed by atoms with Crippen LogP contribution >= 0.6 is 0 Å². The van der Waals surface area contributed by atoms with E-state index in [4.69, 9.17) is 9.15 Å². The molecule has 1 heterocycles. The third kappa shape index (κ3) is 3.84. The average Bonchev–Trinajstić information content (AvgIpc) is 2.83. The molecule has 0 atom stereocenters. The molecule has 100 valence electrons. The van der Waals surface area contributed by atoms with Gasteiger partial charge in [0.1, 0.15) is 12.0 Å². The molecule has 19 heavy (non-hydrogen) atoms. The van der Waals surface area contributed by atoms with Crippen molar-refractivity contribution in [2.24, 2.45) is 0 Å². The number of nitrogens with one attached hydrogen (secondary N) is 1. The smallest absolute Gasteiger partial charge is 0.230 e. The quantitative estimate of drug-likeness (QED) is 0.897. The molecule has 0 aliphatic carbocycles. The molecule has 0 aliphatic rings. The van der Waals surface area contributed by atoms with Crippen LogP contribution in [0.15, 0.2) is 41.3 Å². The Hall–Kier alpha value is -2.30. The number of rotatable bonds is 5. The number of ether oxygens (including phenoxy) is 1. The van der Waals surface area contributed by atoms with Crippen molar-refractivity contribution in [3.63, 3.8) is 0 Å². The van der Waals surface area contributed by atoms with Gasteiger partial charge in [0.25, 0.3) is 0 Å². The van der Waals surface area contributed by atoms with Crippen molar-refractivity contribution < 1.29 is 13.9 Å². The SMILES string of the molecule is CC(C)Oc1ccccc1NC(=O)Cc1cocn1. The van der Waals surface area contributed by atoms with Crippen LogP contribution in [0, 0.1) is 0 Å². The molecular weight excluding hydrogens is 244 g/mol. The van der Waals surface area contributed by atoms with Crippen LogP contribution in [0.3, 0.4) is 0 Å². The first-order valence-corrected chi connectivity index (χ1v) is 6.07. The molecule has 0 unspecified atom stereocenters. The van der Waals surface area contributed by atoms with Crippen molar-refractivity contribution in [2.45, 2.75) is 26.4 Å². The zero-order chi connectivity index (χ0) is 13.7. The molecular formula is C14H16N2O3. The van der Waals surface area contributed by atoms with Gasteiger partial charge < -0.3 is 14.5 Å². The normalized spacial score (nSPS) is 10.5. The maximum absolute atomic E-state index is 11.9. The molecule has 0 radical (unpaired) electrons. The van der Waals surface area contributed by atoms with Crippen LogP contribution in [0.5, 0.6) is 5.75 Å². The largest absolute Gasteiger partial charge is 0.489 e. The Labute approximate surface area is 111 Å². The summed E-state index contributed by atoms with van der Waals surface area (Å²) in [5, 5.41) is 2.81. The number of oxazole rings is 1. The lowest BCUT2D eigenvalue weighted by molar-refractivity contribution is -0.115. The molecule has 5 heteroatoms. The molecule has 0 saturated carbocycles. The Morgan fingerprint density at radius 1 is 1.42 bits per heavy atom. The van der Waals surface area contributed by atoms with E-state index in [0.29, 0.717) is 17.1 Å². The number of carbonyl (C=O) groups excluding carboxylic acids is 1. The lowest BCUT2D eigenvalue weighted by Gasteiger charge is -2.14. The maximum atomic E-state index is 11.9. The van der Waals surface area contributed by atoms with E-state index < -0.39 is 0 Å². The Kier molecular flexibility index (Phi) is 4.18. The Morgan fingerprint density at radius 3 is 2.89 bits per heavy atom. The third-order valence-corrected chi connectivity index (χ3v) is 2.35. The zero-order valence-electron chi connectivity index (χ0n) is 10.9. The van der Waals surface area contributed by atoms with E-state index >= 15 is 0 Å². The molecule has 1 N–H and O–H groups in total.